The Morgan fingerprint density at radius 2 is 1.39 bits per heavy atom. The van der Waals surface area contributed by atoms with Crippen LogP contribution in [0.3, 0.4) is 0 Å². The van der Waals surface area contributed by atoms with E-state index in [-0.39, 0.29) is 13.0 Å². The number of rotatable bonds is 9. The van der Waals surface area contributed by atoms with Gasteiger partial charge < -0.3 is 39.9 Å². The van der Waals surface area contributed by atoms with Crippen molar-refractivity contribution in [3.05, 3.63) is 0 Å². The lowest BCUT2D eigenvalue weighted by Gasteiger charge is -2.39. The number of aliphatic hydroxyl groups excluding tert-OH is 1. The number of hydrogen-bond acceptors (Lipinski definition) is 10. The Morgan fingerprint density at radius 3 is 1.89 bits per heavy atom. The number of nitrogens with one attached hydrogen (secondary N) is 2. The molecule has 2 aliphatic heterocycles. The first-order chi connectivity index (χ1) is 26.4. The molecule has 0 aliphatic carbocycles. The Bertz CT molecular complexity index is 1500. The number of likely N-dealkylation sites (N-methyl/N-ethyl adjacent to an activating group) is 2. The van der Waals surface area contributed by atoms with Crippen molar-refractivity contribution in [3.8, 4) is 12.3 Å². The van der Waals surface area contributed by atoms with Crippen molar-refractivity contribution < 1.29 is 48.1 Å². The maximum absolute atomic E-state index is 14.4. The fourth-order valence-corrected chi connectivity index (χ4v) is 7.57. The smallest absolute Gasteiger partial charge is 0.331 e. The van der Waals surface area contributed by atoms with E-state index in [2.05, 4.69) is 16.6 Å². The molecule has 0 aromatic heterocycles. The first-order valence-corrected chi connectivity index (χ1v) is 20.4. The Labute approximate surface area is 339 Å². The van der Waals surface area contributed by atoms with E-state index in [1.807, 2.05) is 6.92 Å². The van der Waals surface area contributed by atoms with Gasteiger partial charge in [-0.1, -0.05) is 55.4 Å². The van der Waals surface area contributed by atoms with Crippen LogP contribution in [-0.4, -0.2) is 130 Å². The molecule has 0 saturated carbocycles. The Morgan fingerprint density at radius 1 is 0.807 bits per heavy atom. The quantitative estimate of drug-likeness (QED) is 0.178. The van der Waals surface area contributed by atoms with Crippen molar-refractivity contribution >= 4 is 41.5 Å². The summed E-state index contributed by atoms with van der Waals surface area (Å²) in [6.07, 6.45) is 3.72. The number of cyclic esters (lactones) is 2. The number of hydrogen-bond donors (Lipinski definition) is 3. The molecule has 15 nitrogen and oxygen atoms in total. The van der Waals surface area contributed by atoms with Crippen LogP contribution < -0.4 is 10.6 Å². The standard InChI is InChI=1S/C42H69N5O10/c1-15-17-18-21-29-42(11,12)41(55)44-30(23(3)4)37(51)46(14)33(25(7)8)40(54)57-34(26(9)16-2)38(52)47-22-19-20-28(47)36(50)45(13)32(24(5)6)35(49)43-31(27(10)48)39(53)56-29/h1,23-34,48H,16-22H2,2-14H3,(H,43,49)(H,44,55)/t26-,27+,28-,29-,30-,31?,32?,33?,34+/m0/s1. The van der Waals surface area contributed by atoms with Crippen LogP contribution >= 0.6 is 0 Å². The monoisotopic (exact) mass is 804 g/mol. The molecule has 0 spiro atoms. The molecule has 2 fully saturated rings. The third-order valence-electron chi connectivity index (χ3n) is 11.5. The molecule has 15 heteroatoms. The highest BCUT2D eigenvalue weighted by atomic mass is 16.6. The summed E-state index contributed by atoms with van der Waals surface area (Å²) in [5.41, 5.74) is -1.47. The lowest BCUT2D eigenvalue weighted by atomic mass is 9.82. The van der Waals surface area contributed by atoms with Crippen LogP contribution in [0.1, 0.15) is 115 Å². The minimum atomic E-state index is -1.59. The van der Waals surface area contributed by atoms with Gasteiger partial charge in [-0.05, 0) is 70.6 Å². The first kappa shape index (κ1) is 49.0. The summed E-state index contributed by atoms with van der Waals surface area (Å²) in [5, 5.41) is 16.2. The molecule has 3 N–H and O–H groups in total. The van der Waals surface area contributed by atoms with Gasteiger partial charge in [0.2, 0.25) is 23.6 Å². The number of carbonyl (C=O) groups is 7. The molecule has 0 radical (unpaired) electrons. The van der Waals surface area contributed by atoms with Crippen molar-refractivity contribution in [3.63, 3.8) is 0 Å². The molecule has 9 atom stereocenters. The van der Waals surface area contributed by atoms with Gasteiger partial charge in [-0.15, -0.1) is 12.3 Å². The summed E-state index contributed by atoms with van der Waals surface area (Å²) in [5.74, 6) is -4.18. The number of aliphatic hydroxyl groups is 1. The maximum atomic E-state index is 14.4. The SMILES string of the molecule is C#CCCC[C@@H]1OC(=O)C([C@@H](C)O)NC(=O)C(C(C)C)N(C)C(=O)[C@@H]2CCCN2C(=O)[C@@H]([C@@H](C)CC)OC(=O)C(C(C)C)N(C)C(=O)[C@H](C(C)C)NC(=O)C1(C)C. The Balaban J connectivity index is 2.83. The largest absolute Gasteiger partial charge is 0.460 e. The van der Waals surface area contributed by atoms with Gasteiger partial charge in [-0.2, -0.15) is 0 Å². The highest BCUT2D eigenvalue weighted by molar-refractivity contribution is 5.96. The molecule has 57 heavy (non-hydrogen) atoms. The topological polar surface area (TPSA) is 192 Å². The number of amides is 5. The van der Waals surface area contributed by atoms with Crippen LogP contribution in [0, 0.1) is 41.4 Å². The average molecular weight is 804 g/mol. The molecule has 2 saturated heterocycles. The van der Waals surface area contributed by atoms with Crippen molar-refractivity contribution in [1.82, 2.24) is 25.3 Å². The van der Waals surface area contributed by atoms with E-state index >= 15 is 0 Å². The van der Waals surface area contributed by atoms with Gasteiger partial charge in [0.05, 0.1) is 11.5 Å². The predicted octanol–water partition coefficient (Wildman–Crippen LogP) is 2.66. The second-order valence-corrected chi connectivity index (χ2v) is 17.4. The second kappa shape index (κ2) is 21.0. The third-order valence-corrected chi connectivity index (χ3v) is 11.5. The zero-order valence-corrected chi connectivity index (χ0v) is 36.4. The van der Waals surface area contributed by atoms with E-state index < -0.39 is 119 Å². The zero-order chi connectivity index (χ0) is 43.7. The molecule has 2 aliphatic rings. The summed E-state index contributed by atoms with van der Waals surface area (Å²) < 4.78 is 12.0. The highest BCUT2D eigenvalue weighted by Gasteiger charge is 2.47. The van der Waals surface area contributed by atoms with Crippen molar-refractivity contribution in [2.24, 2.45) is 29.1 Å². The van der Waals surface area contributed by atoms with Gasteiger partial charge in [0.1, 0.15) is 30.3 Å². The normalized spacial score (nSPS) is 28.9. The van der Waals surface area contributed by atoms with Gasteiger partial charge in [0.25, 0.3) is 5.91 Å². The van der Waals surface area contributed by atoms with Crippen molar-refractivity contribution in [1.29, 1.82) is 0 Å². The number of fused-ring (bicyclic) bond motifs is 1. The van der Waals surface area contributed by atoms with E-state index in [0.29, 0.717) is 32.1 Å². The van der Waals surface area contributed by atoms with Gasteiger partial charge in [-0.25, -0.2) is 9.59 Å². The van der Waals surface area contributed by atoms with Gasteiger partial charge in [0, 0.05) is 33.0 Å². The van der Waals surface area contributed by atoms with Crippen molar-refractivity contribution in [2.75, 3.05) is 20.6 Å². The first-order valence-electron chi connectivity index (χ1n) is 20.4. The zero-order valence-electron chi connectivity index (χ0n) is 36.4. The number of esters is 2. The van der Waals surface area contributed by atoms with E-state index in [0.717, 1.165) is 0 Å². The van der Waals surface area contributed by atoms with Gasteiger partial charge >= 0.3 is 11.9 Å². The Hall–Kier alpha value is -4.19. The van der Waals surface area contributed by atoms with E-state index in [1.54, 1.807) is 62.3 Å². The van der Waals surface area contributed by atoms with Crippen molar-refractivity contribution in [2.45, 2.75) is 163 Å². The molecule has 3 unspecified atom stereocenters. The van der Waals surface area contributed by atoms with Crippen LogP contribution in [0.25, 0.3) is 0 Å². The van der Waals surface area contributed by atoms with E-state index in [9.17, 15) is 38.7 Å². The molecule has 5 amide bonds. The third kappa shape index (κ3) is 11.7. The van der Waals surface area contributed by atoms with E-state index in [1.165, 1.54) is 35.7 Å². The van der Waals surface area contributed by atoms with Crippen LogP contribution in [0.5, 0.6) is 0 Å². The average Bonchev–Trinajstić information content (AvgIpc) is 3.62. The molecule has 0 bridgehead atoms. The van der Waals surface area contributed by atoms with Crippen LogP contribution in [0.15, 0.2) is 0 Å². The number of nitrogens with zero attached hydrogens (tertiary/aromatic N) is 3. The van der Waals surface area contributed by atoms with Gasteiger partial charge in [0.15, 0.2) is 12.1 Å². The fourth-order valence-electron chi connectivity index (χ4n) is 7.57. The Kier molecular flexibility index (Phi) is 18.0. The molecule has 0 aromatic carbocycles. The summed E-state index contributed by atoms with van der Waals surface area (Å²) in [6, 6.07) is -5.97. The second-order valence-electron chi connectivity index (χ2n) is 17.4. The number of unbranched alkanes of at least 4 members (excludes halogenated alkanes) is 1. The lowest BCUT2D eigenvalue weighted by molar-refractivity contribution is -0.172. The number of terminal acetylenes is 1. The highest BCUT2D eigenvalue weighted by Crippen LogP contribution is 2.31. The number of ether oxygens (including phenoxy) is 2. The molecular weight excluding hydrogens is 734 g/mol. The fraction of sp³-hybridized carbons (Fsp3) is 0.786. The minimum Gasteiger partial charge on any atom is -0.460 e. The summed E-state index contributed by atoms with van der Waals surface area (Å²) in [6.45, 7) is 18.7. The minimum absolute atomic E-state index is 0.137. The summed E-state index contributed by atoms with van der Waals surface area (Å²) >= 11 is 0. The molecule has 2 rings (SSSR count). The maximum Gasteiger partial charge on any atom is 0.331 e. The predicted molar refractivity (Wildman–Crippen MR) is 214 cm³/mol. The molecule has 2 heterocycles. The molecular formula is C42H69N5O10. The summed E-state index contributed by atoms with van der Waals surface area (Å²) in [7, 11) is 2.89. The molecule has 0 aromatic rings. The van der Waals surface area contributed by atoms with Gasteiger partial charge in [-0.3, -0.25) is 24.0 Å². The molecule has 322 valence electrons. The van der Waals surface area contributed by atoms with Crippen LogP contribution in [0.4, 0.5) is 0 Å². The van der Waals surface area contributed by atoms with E-state index in [4.69, 9.17) is 15.9 Å². The lowest BCUT2D eigenvalue weighted by Crippen LogP contribution is -2.61. The van der Waals surface area contributed by atoms with Crippen LogP contribution in [0.2, 0.25) is 0 Å². The summed E-state index contributed by atoms with van der Waals surface area (Å²) in [4.78, 5) is 103. The van der Waals surface area contributed by atoms with Crippen LogP contribution in [-0.2, 0) is 43.0 Å². The number of carbonyl (C=O) groups excluding carboxylic acids is 7.